The Morgan fingerprint density at radius 1 is 0.974 bits per heavy atom. The summed E-state index contributed by atoms with van der Waals surface area (Å²) >= 11 is 1.65. The van der Waals surface area contributed by atoms with Gasteiger partial charge in [0, 0.05) is 27.3 Å². The Morgan fingerprint density at radius 3 is 2.56 bits per heavy atom. The summed E-state index contributed by atoms with van der Waals surface area (Å²) in [5.41, 5.74) is 4.04. The molecule has 1 amide bonds. The highest BCUT2D eigenvalue weighted by Crippen LogP contribution is 2.46. The molecular formula is C30H26N3O4S2-. The lowest BCUT2D eigenvalue weighted by Crippen LogP contribution is -2.37. The topological polar surface area (TPSA) is 92.8 Å². The fourth-order valence-electron chi connectivity index (χ4n) is 5.38. The molecule has 7 nitrogen and oxygen atoms in total. The maximum atomic E-state index is 13.9. The van der Waals surface area contributed by atoms with E-state index < -0.39 is 22.0 Å². The van der Waals surface area contributed by atoms with Crippen LogP contribution >= 0.6 is 11.3 Å². The molecule has 0 saturated heterocycles. The van der Waals surface area contributed by atoms with Gasteiger partial charge in [-0.25, -0.2) is 13.1 Å². The number of thiophene rings is 1. The van der Waals surface area contributed by atoms with E-state index in [0.29, 0.717) is 6.54 Å². The minimum atomic E-state index is -3.98. The Hall–Kier alpha value is -3.76. The first-order valence-electron chi connectivity index (χ1n) is 12.6. The fourth-order valence-corrected chi connectivity index (χ4v) is 7.45. The molecule has 5 aromatic rings. The zero-order chi connectivity index (χ0) is 27.1. The van der Waals surface area contributed by atoms with Gasteiger partial charge in [0.05, 0.1) is 18.0 Å². The lowest BCUT2D eigenvalue weighted by Gasteiger charge is -2.39. The van der Waals surface area contributed by atoms with Crippen LogP contribution in [0.3, 0.4) is 0 Å². The zero-order valence-corrected chi connectivity index (χ0v) is 22.8. The molecule has 0 spiro atoms. The van der Waals surface area contributed by atoms with E-state index in [4.69, 9.17) is 0 Å². The number of amides is 1. The molecule has 0 saturated carbocycles. The number of anilines is 1. The first-order valence-corrected chi connectivity index (χ1v) is 15.2. The van der Waals surface area contributed by atoms with Gasteiger partial charge in [0.1, 0.15) is 0 Å². The third-order valence-electron chi connectivity index (χ3n) is 7.21. The van der Waals surface area contributed by atoms with Crippen molar-refractivity contribution in [3.8, 4) is 0 Å². The summed E-state index contributed by atoms with van der Waals surface area (Å²) in [5, 5.41) is 21.6. The van der Waals surface area contributed by atoms with Crippen molar-refractivity contribution in [1.29, 1.82) is 0 Å². The number of nitrogens with one attached hydrogen (secondary N) is 1. The highest BCUT2D eigenvalue weighted by atomic mass is 32.2. The molecule has 0 radical (unpaired) electrons. The molecule has 198 valence electrons. The van der Waals surface area contributed by atoms with Crippen molar-refractivity contribution in [1.82, 2.24) is 9.89 Å². The molecule has 2 heterocycles. The standard InChI is InChI=1S/C30H26N3O4S2/c1-20-8-7-13-27-28(20)23(19-38-27)18-32-25-15-14-21-9-5-6-12-24(21)29(25)26(33(32)35)16-17-39(36,37)31-30(34)22-10-3-2-4-11-22/h2-15,19,26H,16-18H2,1H3,(H,31,34)/q-1. The van der Waals surface area contributed by atoms with E-state index in [-0.39, 0.29) is 17.7 Å². The molecule has 1 unspecified atom stereocenters. The van der Waals surface area contributed by atoms with Crippen molar-refractivity contribution < 1.29 is 13.2 Å². The molecule has 1 aliphatic rings. The van der Waals surface area contributed by atoms with Crippen molar-refractivity contribution in [3.05, 3.63) is 118 Å². The maximum Gasteiger partial charge on any atom is 0.264 e. The van der Waals surface area contributed by atoms with Crippen molar-refractivity contribution in [3.63, 3.8) is 0 Å². The van der Waals surface area contributed by atoms with Gasteiger partial charge in [0.2, 0.25) is 10.0 Å². The average molecular weight is 557 g/mol. The number of nitrogens with zero attached hydrogens (tertiary/aromatic N) is 2. The monoisotopic (exact) mass is 556 g/mol. The van der Waals surface area contributed by atoms with E-state index in [0.717, 1.165) is 48.4 Å². The van der Waals surface area contributed by atoms with Crippen LogP contribution in [0.15, 0.2) is 90.3 Å². The van der Waals surface area contributed by atoms with Crippen LogP contribution in [0.4, 0.5) is 5.69 Å². The lowest BCUT2D eigenvalue weighted by atomic mass is 9.97. The molecule has 1 aromatic heterocycles. The number of sulfonamides is 1. The summed E-state index contributed by atoms with van der Waals surface area (Å²) < 4.78 is 29.1. The van der Waals surface area contributed by atoms with Gasteiger partial charge in [0.25, 0.3) is 5.91 Å². The SMILES string of the molecule is Cc1cccc2scc(CN3c4ccc5ccccc5c4C(CCS(=O)(=O)NC(=O)c4ccccc4)N3[O-])c12. The van der Waals surface area contributed by atoms with E-state index in [1.54, 1.807) is 46.7 Å². The van der Waals surface area contributed by atoms with Crippen LogP contribution in [0.1, 0.15) is 39.5 Å². The summed E-state index contributed by atoms with van der Waals surface area (Å²) in [6.07, 6.45) is 0.0296. The number of aryl methyl sites for hydroxylation is 1. The smallest absolute Gasteiger partial charge is 0.264 e. The van der Waals surface area contributed by atoms with E-state index in [1.807, 2.05) is 42.5 Å². The van der Waals surface area contributed by atoms with Gasteiger partial charge in [0.15, 0.2) is 0 Å². The van der Waals surface area contributed by atoms with Crippen LogP contribution in [0.5, 0.6) is 0 Å². The largest absolute Gasteiger partial charge is 0.767 e. The van der Waals surface area contributed by atoms with Crippen LogP contribution in [0.25, 0.3) is 20.9 Å². The van der Waals surface area contributed by atoms with Gasteiger partial charge in [-0.2, -0.15) is 0 Å². The van der Waals surface area contributed by atoms with E-state index in [9.17, 15) is 18.4 Å². The number of benzene rings is 4. The minimum absolute atomic E-state index is 0.0296. The first kappa shape index (κ1) is 25.5. The highest BCUT2D eigenvalue weighted by Gasteiger charge is 2.34. The number of hydrazine groups is 1. The van der Waals surface area contributed by atoms with Gasteiger partial charge < -0.3 is 10.2 Å². The Kier molecular flexibility index (Phi) is 6.60. The summed E-state index contributed by atoms with van der Waals surface area (Å²) in [6.45, 7) is 2.43. The average Bonchev–Trinajstić information content (AvgIpc) is 3.47. The molecule has 1 N–H and O–H groups in total. The Bertz CT molecular complexity index is 1800. The zero-order valence-electron chi connectivity index (χ0n) is 21.2. The van der Waals surface area contributed by atoms with Crippen LogP contribution in [-0.2, 0) is 16.6 Å². The Balaban J connectivity index is 1.32. The first-order chi connectivity index (χ1) is 18.8. The molecule has 1 aliphatic heterocycles. The molecule has 6 rings (SSSR count). The minimum Gasteiger partial charge on any atom is -0.767 e. The van der Waals surface area contributed by atoms with Crippen molar-refractivity contribution in [2.45, 2.75) is 25.9 Å². The predicted octanol–water partition coefficient (Wildman–Crippen LogP) is 6.29. The molecule has 1 atom stereocenters. The van der Waals surface area contributed by atoms with Gasteiger partial charge >= 0.3 is 0 Å². The molecule has 9 heteroatoms. The Morgan fingerprint density at radius 2 is 1.74 bits per heavy atom. The molecule has 0 fully saturated rings. The maximum absolute atomic E-state index is 13.9. The predicted molar refractivity (Wildman–Crippen MR) is 157 cm³/mol. The molecular weight excluding hydrogens is 530 g/mol. The quantitative estimate of drug-likeness (QED) is 0.253. The van der Waals surface area contributed by atoms with Crippen molar-refractivity contribution in [2.75, 3.05) is 10.8 Å². The van der Waals surface area contributed by atoms with Gasteiger partial charge in [-0.3, -0.25) is 9.97 Å². The summed E-state index contributed by atoms with van der Waals surface area (Å²) in [6, 6.07) is 25.4. The highest BCUT2D eigenvalue weighted by molar-refractivity contribution is 7.90. The van der Waals surface area contributed by atoms with Crippen LogP contribution < -0.4 is 9.73 Å². The number of hydroxylamine groups is 1. The van der Waals surface area contributed by atoms with Crippen molar-refractivity contribution in [2.24, 2.45) is 0 Å². The van der Waals surface area contributed by atoms with E-state index in [1.165, 1.54) is 0 Å². The van der Waals surface area contributed by atoms with Crippen LogP contribution in [-0.4, -0.2) is 25.3 Å². The van der Waals surface area contributed by atoms with Crippen molar-refractivity contribution >= 4 is 53.8 Å². The lowest BCUT2D eigenvalue weighted by molar-refractivity contribution is 0.0981. The third-order valence-corrected chi connectivity index (χ3v) is 9.48. The number of rotatable bonds is 7. The molecule has 0 aliphatic carbocycles. The number of carbonyl (C=O) groups excluding carboxylic acids is 1. The van der Waals surface area contributed by atoms with Gasteiger partial charge in [-0.05, 0) is 64.9 Å². The van der Waals surface area contributed by atoms with E-state index >= 15 is 0 Å². The second-order valence-electron chi connectivity index (χ2n) is 9.71. The third kappa shape index (κ3) is 4.79. The summed E-state index contributed by atoms with van der Waals surface area (Å²) in [4.78, 5) is 12.5. The van der Waals surface area contributed by atoms with Gasteiger partial charge in [-0.15, -0.1) is 11.3 Å². The second-order valence-corrected chi connectivity index (χ2v) is 12.5. The molecule has 4 aromatic carbocycles. The van der Waals surface area contributed by atoms with E-state index in [2.05, 4.69) is 29.2 Å². The Labute approximate surface area is 230 Å². The summed E-state index contributed by atoms with van der Waals surface area (Å²) in [7, 11) is -3.98. The number of carbonyl (C=O) groups is 1. The molecule has 39 heavy (non-hydrogen) atoms. The second kappa shape index (κ2) is 10.1. The summed E-state index contributed by atoms with van der Waals surface area (Å²) in [5.74, 6) is -1.06. The molecule has 0 bridgehead atoms. The number of fused-ring (bicyclic) bond motifs is 4. The van der Waals surface area contributed by atoms with Crippen LogP contribution in [0, 0.1) is 12.1 Å². The number of hydrogen-bond acceptors (Lipinski definition) is 7. The normalized spacial score (nSPS) is 15.6. The van der Waals surface area contributed by atoms with Gasteiger partial charge in [-0.1, -0.05) is 60.7 Å². The van der Waals surface area contributed by atoms with Crippen LogP contribution in [0.2, 0.25) is 0 Å². The number of hydrogen-bond donors (Lipinski definition) is 1. The fraction of sp³-hybridized carbons (Fsp3) is 0.167.